The summed E-state index contributed by atoms with van der Waals surface area (Å²) in [7, 11) is 0. The summed E-state index contributed by atoms with van der Waals surface area (Å²) in [6, 6.07) is 52.3. The maximum absolute atomic E-state index is 6.48. The first-order valence-electron chi connectivity index (χ1n) is 25.4. The molecule has 69 heavy (non-hydrogen) atoms. The van der Waals surface area contributed by atoms with Crippen LogP contribution in [0.15, 0.2) is 230 Å². The summed E-state index contributed by atoms with van der Waals surface area (Å²) in [5.74, 6) is 2.01. The lowest BCUT2D eigenvalue weighted by Crippen LogP contribution is -2.38. The second-order valence-corrected chi connectivity index (χ2v) is 20.6. The molecule has 0 radical (unpaired) electrons. The van der Waals surface area contributed by atoms with Gasteiger partial charge < -0.3 is 14.2 Å². The van der Waals surface area contributed by atoms with Gasteiger partial charge in [-0.2, -0.15) is 0 Å². The summed E-state index contributed by atoms with van der Waals surface area (Å²) in [4.78, 5) is 2.54. The lowest BCUT2D eigenvalue weighted by molar-refractivity contribution is 0.271. The summed E-state index contributed by atoms with van der Waals surface area (Å²) in [5.41, 5.74) is 16.0. The van der Waals surface area contributed by atoms with Gasteiger partial charge in [-0.15, -0.1) is 0 Å². The molecule has 5 unspecified atom stereocenters. The minimum Gasteiger partial charge on any atom is -0.485 e. The van der Waals surface area contributed by atoms with Crippen LogP contribution in [0.4, 0.5) is 17.1 Å². The van der Waals surface area contributed by atoms with E-state index in [1.54, 1.807) is 5.57 Å². The summed E-state index contributed by atoms with van der Waals surface area (Å²) >= 11 is 0. The van der Waals surface area contributed by atoms with Crippen molar-refractivity contribution in [3.63, 3.8) is 0 Å². The maximum Gasteiger partial charge on any atom is 0.128 e. The quantitative estimate of drug-likeness (QED) is 0.151. The molecule has 0 spiro atoms. The van der Waals surface area contributed by atoms with E-state index in [4.69, 9.17) is 4.74 Å². The SMILES string of the molecule is CC1(c2ccccc2N(c2ccc(C3=CC=CC4Oc5ccccc5C34)cc2)c2cccc(-c3cccc4c5ccccc5n(C5(C)C=CC=CC5)c34)c2)C=CC=C2C=CC=C(C3CCCCC3)C21. The van der Waals surface area contributed by atoms with Gasteiger partial charge in [-0.3, -0.25) is 0 Å². The minimum absolute atomic E-state index is 0.00468. The second-order valence-electron chi connectivity index (χ2n) is 20.6. The van der Waals surface area contributed by atoms with Crippen LogP contribution in [-0.2, 0) is 11.0 Å². The number of para-hydroxylation sites is 4. The van der Waals surface area contributed by atoms with Gasteiger partial charge in [0.1, 0.15) is 11.9 Å². The van der Waals surface area contributed by atoms with E-state index in [2.05, 4.69) is 242 Å². The van der Waals surface area contributed by atoms with E-state index in [0.29, 0.717) is 5.92 Å². The van der Waals surface area contributed by atoms with Gasteiger partial charge in [0, 0.05) is 50.1 Å². The fourth-order valence-electron chi connectivity index (χ4n) is 13.2. The zero-order valence-electron chi connectivity index (χ0n) is 39.6. The van der Waals surface area contributed by atoms with E-state index in [-0.39, 0.29) is 28.9 Å². The third-order valence-electron chi connectivity index (χ3n) is 16.4. The van der Waals surface area contributed by atoms with Crippen LogP contribution in [0, 0.1) is 11.8 Å². The molecular formula is C66H58N2O. The molecule has 1 fully saturated rings. The Morgan fingerprint density at radius 1 is 0.638 bits per heavy atom. The predicted molar refractivity (Wildman–Crippen MR) is 289 cm³/mol. The van der Waals surface area contributed by atoms with Crippen molar-refractivity contribution in [1.82, 2.24) is 4.57 Å². The average molecular weight is 895 g/mol. The van der Waals surface area contributed by atoms with E-state index >= 15 is 0 Å². The van der Waals surface area contributed by atoms with E-state index in [0.717, 1.165) is 23.5 Å². The van der Waals surface area contributed by atoms with Gasteiger partial charge in [-0.1, -0.05) is 202 Å². The summed E-state index contributed by atoms with van der Waals surface area (Å²) in [6.07, 6.45) is 37.6. The fraction of sp³-hybridized carbons (Fsp3) is 0.212. The molecule has 6 aliphatic rings. The molecule has 5 aliphatic carbocycles. The van der Waals surface area contributed by atoms with Gasteiger partial charge in [0.15, 0.2) is 0 Å². The largest absolute Gasteiger partial charge is 0.485 e. The predicted octanol–water partition coefficient (Wildman–Crippen LogP) is 17.1. The Bertz CT molecular complexity index is 3430. The molecule has 0 saturated heterocycles. The summed E-state index contributed by atoms with van der Waals surface area (Å²) in [5, 5.41) is 2.57. The lowest BCUT2D eigenvalue weighted by atomic mass is 9.59. The molecule has 1 aromatic heterocycles. The van der Waals surface area contributed by atoms with E-state index in [9.17, 15) is 0 Å². The Kier molecular flexibility index (Phi) is 10.1. The van der Waals surface area contributed by atoms with Crippen LogP contribution in [0.1, 0.15) is 75.0 Å². The van der Waals surface area contributed by atoms with Crippen molar-refractivity contribution >= 4 is 44.4 Å². The standard InChI is InChI=1S/C66H58N2O/c1-65(41-13-4-14-42-65)68-58-33-10-7-26-54(58)55-31-17-30-53(64(55)68)48-23-15-25-50(44-48)67(49-39-37-46(38-40-49)51-28-18-36-61-62(51)56-27-8-12-35-60(56)69-61)59-34-11-9-32-57(59)66(2)43-19-24-47-22-16-29-52(63(47)66)45-20-5-3-6-21-45/h4,7-19,22-41,43-45,61-63H,3,5-6,20-21,42H2,1-2H3. The van der Waals surface area contributed by atoms with Gasteiger partial charge in [-0.05, 0) is 108 Å². The molecule has 7 aromatic rings. The smallest absolute Gasteiger partial charge is 0.128 e. The second kappa shape index (κ2) is 16.7. The number of rotatable bonds is 8. The van der Waals surface area contributed by atoms with Gasteiger partial charge in [0.05, 0.1) is 22.7 Å². The molecule has 13 rings (SSSR count). The van der Waals surface area contributed by atoms with Crippen molar-refractivity contribution in [3.05, 3.63) is 246 Å². The molecule has 2 heterocycles. The van der Waals surface area contributed by atoms with Crippen molar-refractivity contribution < 1.29 is 4.74 Å². The van der Waals surface area contributed by atoms with Crippen LogP contribution in [-0.4, -0.2) is 10.7 Å². The average Bonchev–Trinajstić information content (AvgIpc) is 3.97. The van der Waals surface area contributed by atoms with Gasteiger partial charge in [0.2, 0.25) is 0 Å². The number of aromatic nitrogens is 1. The van der Waals surface area contributed by atoms with Crippen LogP contribution < -0.4 is 9.64 Å². The molecule has 1 saturated carbocycles. The molecule has 6 aromatic carbocycles. The Labute approximate surface area is 407 Å². The number of nitrogens with zero attached hydrogens (tertiary/aromatic N) is 2. The number of allylic oxidation sites excluding steroid dienone is 14. The molecule has 5 atom stereocenters. The number of hydrogen-bond donors (Lipinski definition) is 0. The highest BCUT2D eigenvalue weighted by molar-refractivity contribution is 6.13. The Morgan fingerprint density at radius 3 is 2.33 bits per heavy atom. The molecule has 3 nitrogen and oxygen atoms in total. The van der Waals surface area contributed by atoms with Crippen LogP contribution in [0.3, 0.4) is 0 Å². The van der Waals surface area contributed by atoms with Gasteiger partial charge >= 0.3 is 0 Å². The number of fused-ring (bicyclic) bond motifs is 7. The molecule has 0 N–H and O–H groups in total. The first-order valence-corrected chi connectivity index (χ1v) is 25.4. The monoisotopic (exact) mass is 894 g/mol. The molecule has 338 valence electrons. The zero-order chi connectivity index (χ0) is 46.1. The maximum atomic E-state index is 6.48. The number of hydrogen-bond acceptors (Lipinski definition) is 2. The van der Waals surface area contributed by atoms with Crippen molar-refractivity contribution in [2.45, 2.75) is 75.3 Å². The van der Waals surface area contributed by atoms with E-state index < -0.39 is 0 Å². The molecule has 3 heteroatoms. The van der Waals surface area contributed by atoms with Crippen LogP contribution in [0.2, 0.25) is 0 Å². The minimum atomic E-state index is -0.293. The van der Waals surface area contributed by atoms with E-state index in [1.165, 1.54) is 98.6 Å². The normalized spacial score (nSPS) is 24.6. The van der Waals surface area contributed by atoms with Crippen molar-refractivity contribution in [2.24, 2.45) is 11.8 Å². The van der Waals surface area contributed by atoms with Crippen molar-refractivity contribution in [2.75, 3.05) is 4.90 Å². The number of anilines is 3. The summed E-state index contributed by atoms with van der Waals surface area (Å²) in [6.45, 7) is 4.88. The molecule has 0 bridgehead atoms. The van der Waals surface area contributed by atoms with E-state index in [1.807, 2.05) is 0 Å². The van der Waals surface area contributed by atoms with Crippen molar-refractivity contribution in [3.8, 4) is 16.9 Å². The highest BCUT2D eigenvalue weighted by atomic mass is 16.5. The Balaban J connectivity index is 0.983. The topological polar surface area (TPSA) is 17.4 Å². The Morgan fingerprint density at radius 2 is 1.45 bits per heavy atom. The summed E-state index contributed by atoms with van der Waals surface area (Å²) < 4.78 is 9.09. The van der Waals surface area contributed by atoms with Crippen LogP contribution in [0.5, 0.6) is 5.75 Å². The van der Waals surface area contributed by atoms with Crippen molar-refractivity contribution in [1.29, 1.82) is 0 Å². The highest BCUT2D eigenvalue weighted by Gasteiger charge is 2.44. The molecule has 1 aliphatic heterocycles. The first kappa shape index (κ1) is 41.8. The highest BCUT2D eigenvalue weighted by Crippen LogP contribution is 2.55. The van der Waals surface area contributed by atoms with Crippen LogP contribution >= 0.6 is 0 Å². The van der Waals surface area contributed by atoms with Gasteiger partial charge in [-0.25, -0.2) is 0 Å². The fourth-order valence-corrected chi connectivity index (χ4v) is 13.2. The molecule has 0 amide bonds. The third-order valence-corrected chi connectivity index (χ3v) is 16.4. The Hall–Kier alpha value is -7.36. The number of ether oxygens (including phenoxy) is 1. The molecular weight excluding hydrogens is 837 g/mol. The lowest BCUT2D eigenvalue weighted by Gasteiger charge is -2.45. The van der Waals surface area contributed by atoms with Crippen LogP contribution in [0.25, 0.3) is 38.5 Å². The third kappa shape index (κ3) is 6.84. The number of benzene rings is 6. The zero-order valence-corrected chi connectivity index (χ0v) is 39.6. The first-order chi connectivity index (χ1) is 34.0. The van der Waals surface area contributed by atoms with Gasteiger partial charge in [0.25, 0.3) is 0 Å².